The van der Waals surface area contributed by atoms with Crippen molar-refractivity contribution in [1.82, 2.24) is 0 Å². The summed E-state index contributed by atoms with van der Waals surface area (Å²) >= 11 is 3.59. The van der Waals surface area contributed by atoms with Crippen LogP contribution in [-0.2, 0) is 0 Å². The Morgan fingerprint density at radius 3 is 1.32 bits per heavy atom. The molecule has 0 saturated carbocycles. The van der Waals surface area contributed by atoms with Gasteiger partial charge >= 0.3 is 0 Å². The van der Waals surface area contributed by atoms with Crippen molar-refractivity contribution in [1.29, 1.82) is 0 Å². The van der Waals surface area contributed by atoms with Gasteiger partial charge in [-0.1, -0.05) is 36.4 Å². The molecule has 4 aromatic rings. The van der Waals surface area contributed by atoms with Gasteiger partial charge in [-0.2, -0.15) is 0 Å². The summed E-state index contributed by atoms with van der Waals surface area (Å²) in [5, 5.41) is 8.00. The molecule has 4 rings (SSSR count). The van der Waals surface area contributed by atoms with Crippen molar-refractivity contribution in [3.8, 4) is 0 Å². The van der Waals surface area contributed by atoms with Gasteiger partial charge in [0.15, 0.2) is 0 Å². The molecule has 0 atom stereocenters. The smallest absolute Gasteiger partial charge is 0.00755 e. The predicted octanol–water partition coefficient (Wildman–Crippen LogP) is 6.59. The van der Waals surface area contributed by atoms with E-state index in [0.29, 0.717) is 0 Å². The van der Waals surface area contributed by atoms with E-state index in [2.05, 4.69) is 73.2 Å². The number of fused-ring (bicyclic) bond motifs is 5. The maximum absolute atomic E-state index is 2.28. The lowest BCUT2D eigenvalue weighted by molar-refractivity contribution is 1.51. The van der Waals surface area contributed by atoms with Crippen molar-refractivity contribution in [3.05, 3.63) is 60.7 Å². The van der Waals surface area contributed by atoms with Crippen LogP contribution < -0.4 is 0 Å². The number of benzene rings is 4. The van der Waals surface area contributed by atoms with Gasteiger partial charge in [-0.15, -0.1) is 23.5 Å². The third-order valence-corrected chi connectivity index (χ3v) is 5.70. The third kappa shape index (κ3) is 2.18. The molecule has 4 aromatic carbocycles. The Bertz CT molecular complexity index is 919. The molecule has 0 saturated heterocycles. The summed E-state index contributed by atoms with van der Waals surface area (Å²) in [7, 11) is 0. The Labute approximate surface area is 138 Å². The van der Waals surface area contributed by atoms with Crippen molar-refractivity contribution in [2.45, 2.75) is 9.79 Å². The highest BCUT2D eigenvalue weighted by Crippen LogP contribution is 2.34. The topological polar surface area (TPSA) is 0 Å². The summed E-state index contributed by atoms with van der Waals surface area (Å²) < 4.78 is 0. The molecule has 0 nitrogen and oxygen atoms in total. The zero-order valence-electron chi connectivity index (χ0n) is 12.6. The first-order valence-corrected chi connectivity index (χ1v) is 9.72. The second-order valence-corrected chi connectivity index (χ2v) is 7.16. The summed E-state index contributed by atoms with van der Waals surface area (Å²) in [6.45, 7) is 0. The first kappa shape index (κ1) is 14.0. The standard InChI is InChI=1S/C20H16S2/c1-21-15-5-9-17-13(11-15)3-7-20-18-10-6-16(22-2)12-14(18)4-8-19(17)20/h3-12H,1-2H3. The monoisotopic (exact) mass is 320 g/mol. The molecule has 0 amide bonds. The Balaban J connectivity index is 2.08. The third-order valence-electron chi connectivity index (χ3n) is 4.25. The first-order valence-electron chi connectivity index (χ1n) is 7.27. The maximum Gasteiger partial charge on any atom is 0.00755 e. The lowest BCUT2D eigenvalue weighted by atomic mass is 9.97. The van der Waals surface area contributed by atoms with Crippen molar-refractivity contribution >= 4 is 55.8 Å². The highest BCUT2D eigenvalue weighted by molar-refractivity contribution is 7.98. The average Bonchev–Trinajstić information content (AvgIpc) is 2.59. The van der Waals surface area contributed by atoms with E-state index in [1.165, 1.54) is 42.1 Å². The highest BCUT2D eigenvalue weighted by Gasteiger charge is 2.06. The molecular formula is C20H16S2. The lowest BCUT2D eigenvalue weighted by Crippen LogP contribution is -1.82. The molecule has 0 aromatic heterocycles. The van der Waals surface area contributed by atoms with Crippen LogP contribution in [0.1, 0.15) is 0 Å². The molecule has 0 heterocycles. The van der Waals surface area contributed by atoms with E-state index in [4.69, 9.17) is 0 Å². The lowest BCUT2D eigenvalue weighted by Gasteiger charge is -2.09. The van der Waals surface area contributed by atoms with Crippen LogP contribution in [0.5, 0.6) is 0 Å². The van der Waals surface area contributed by atoms with E-state index in [9.17, 15) is 0 Å². The molecule has 0 spiro atoms. The fourth-order valence-corrected chi connectivity index (χ4v) is 4.00. The van der Waals surface area contributed by atoms with Crippen LogP contribution in [0.4, 0.5) is 0 Å². The number of thioether (sulfide) groups is 2. The molecular weight excluding hydrogens is 304 g/mol. The first-order chi connectivity index (χ1) is 10.8. The number of rotatable bonds is 2. The van der Waals surface area contributed by atoms with Crippen LogP contribution >= 0.6 is 23.5 Å². The van der Waals surface area contributed by atoms with Crippen molar-refractivity contribution < 1.29 is 0 Å². The van der Waals surface area contributed by atoms with E-state index >= 15 is 0 Å². The van der Waals surface area contributed by atoms with Crippen LogP contribution in [0.25, 0.3) is 32.3 Å². The number of hydrogen-bond donors (Lipinski definition) is 0. The molecule has 0 fully saturated rings. The van der Waals surface area contributed by atoms with Gasteiger partial charge in [0, 0.05) is 9.79 Å². The van der Waals surface area contributed by atoms with Gasteiger partial charge in [0.05, 0.1) is 0 Å². The summed E-state index contributed by atoms with van der Waals surface area (Å²) in [6.07, 6.45) is 4.25. The molecule has 0 aliphatic heterocycles. The van der Waals surface area contributed by atoms with Gasteiger partial charge in [-0.25, -0.2) is 0 Å². The van der Waals surface area contributed by atoms with Gasteiger partial charge in [0.25, 0.3) is 0 Å². The van der Waals surface area contributed by atoms with Crippen LogP contribution in [0, 0.1) is 0 Å². The Morgan fingerprint density at radius 2 is 0.909 bits per heavy atom. The van der Waals surface area contributed by atoms with Gasteiger partial charge in [-0.05, 0) is 69.1 Å². The van der Waals surface area contributed by atoms with Crippen molar-refractivity contribution in [2.24, 2.45) is 0 Å². The highest BCUT2D eigenvalue weighted by atomic mass is 32.2. The van der Waals surface area contributed by atoms with Crippen LogP contribution in [0.2, 0.25) is 0 Å². The van der Waals surface area contributed by atoms with Gasteiger partial charge in [-0.3, -0.25) is 0 Å². The minimum absolute atomic E-state index is 1.32. The molecule has 0 aliphatic rings. The van der Waals surface area contributed by atoms with E-state index in [1.54, 1.807) is 23.5 Å². The van der Waals surface area contributed by atoms with Gasteiger partial charge in [0.2, 0.25) is 0 Å². The van der Waals surface area contributed by atoms with E-state index in [1.807, 2.05) is 0 Å². The summed E-state index contributed by atoms with van der Waals surface area (Å²) in [5.41, 5.74) is 0. The second kappa shape index (κ2) is 5.53. The zero-order valence-corrected chi connectivity index (χ0v) is 14.2. The van der Waals surface area contributed by atoms with E-state index < -0.39 is 0 Å². The van der Waals surface area contributed by atoms with Crippen molar-refractivity contribution in [3.63, 3.8) is 0 Å². The minimum atomic E-state index is 1.32. The molecule has 0 N–H and O–H groups in total. The fourth-order valence-electron chi connectivity index (χ4n) is 3.10. The summed E-state index contributed by atoms with van der Waals surface area (Å²) in [5.74, 6) is 0. The zero-order chi connectivity index (χ0) is 15.1. The fraction of sp³-hybridized carbons (Fsp3) is 0.100. The quantitative estimate of drug-likeness (QED) is 0.302. The molecule has 0 unspecified atom stereocenters. The van der Waals surface area contributed by atoms with Crippen LogP contribution in [-0.4, -0.2) is 12.5 Å². The molecule has 22 heavy (non-hydrogen) atoms. The Morgan fingerprint density at radius 1 is 0.500 bits per heavy atom. The van der Waals surface area contributed by atoms with Crippen LogP contribution in [0.3, 0.4) is 0 Å². The van der Waals surface area contributed by atoms with E-state index in [0.717, 1.165) is 0 Å². The molecule has 2 heteroatoms. The minimum Gasteiger partial charge on any atom is -0.130 e. The molecule has 0 bridgehead atoms. The summed E-state index contributed by atoms with van der Waals surface area (Å²) in [6, 6.07) is 22.5. The Hall–Kier alpha value is -1.64. The van der Waals surface area contributed by atoms with Gasteiger partial charge < -0.3 is 0 Å². The molecule has 108 valence electrons. The maximum atomic E-state index is 2.28. The predicted molar refractivity (Wildman–Crippen MR) is 103 cm³/mol. The SMILES string of the molecule is CSc1ccc2c(ccc3c4ccc(SC)cc4ccc23)c1. The largest absolute Gasteiger partial charge is 0.130 e. The normalized spacial score (nSPS) is 11.5. The second-order valence-electron chi connectivity index (χ2n) is 5.40. The Kier molecular flexibility index (Phi) is 3.51. The van der Waals surface area contributed by atoms with E-state index in [-0.39, 0.29) is 0 Å². The van der Waals surface area contributed by atoms with Crippen LogP contribution in [0.15, 0.2) is 70.5 Å². The summed E-state index contributed by atoms with van der Waals surface area (Å²) in [4.78, 5) is 2.63. The van der Waals surface area contributed by atoms with Crippen molar-refractivity contribution in [2.75, 3.05) is 12.5 Å². The van der Waals surface area contributed by atoms with Gasteiger partial charge in [0.1, 0.15) is 0 Å². The molecule has 0 aliphatic carbocycles. The molecule has 0 radical (unpaired) electrons. The average molecular weight is 320 g/mol. The number of hydrogen-bond acceptors (Lipinski definition) is 2.